The van der Waals surface area contributed by atoms with Gasteiger partial charge in [0.25, 0.3) is 5.91 Å². The van der Waals surface area contributed by atoms with Gasteiger partial charge in [0.1, 0.15) is 17.2 Å². The second-order valence-electron chi connectivity index (χ2n) is 9.05. The van der Waals surface area contributed by atoms with Crippen molar-refractivity contribution in [2.24, 2.45) is 0 Å². The summed E-state index contributed by atoms with van der Waals surface area (Å²) in [5.74, 6) is -0.336. The topological polar surface area (TPSA) is 92.9 Å². The van der Waals surface area contributed by atoms with Crippen LogP contribution in [0, 0.1) is 12.7 Å². The van der Waals surface area contributed by atoms with Crippen LogP contribution < -0.4 is 10.6 Å². The van der Waals surface area contributed by atoms with E-state index in [9.17, 15) is 9.18 Å². The Morgan fingerprint density at radius 2 is 1.97 bits per heavy atom. The first-order chi connectivity index (χ1) is 16.9. The molecule has 1 aliphatic rings. The fraction of sp³-hybridized carbons (Fsp3) is 0.308. The predicted octanol–water partition coefficient (Wildman–Crippen LogP) is 5.94. The Morgan fingerprint density at radius 1 is 1.20 bits per heavy atom. The van der Waals surface area contributed by atoms with Gasteiger partial charge in [-0.15, -0.1) is 11.3 Å². The largest absolute Gasteiger partial charge is 0.435 e. The lowest BCUT2D eigenvalue weighted by atomic mass is 10.1. The highest BCUT2D eigenvalue weighted by atomic mass is 32.1. The van der Waals surface area contributed by atoms with E-state index < -0.39 is 5.91 Å². The van der Waals surface area contributed by atoms with Crippen molar-refractivity contribution in [2.75, 3.05) is 5.32 Å². The van der Waals surface area contributed by atoms with Crippen LogP contribution in [-0.4, -0.2) is 26.9 Å². The molecule has 1 aromatic carbocycles. The van der Waals surface area contributed by atoms with Gasteiger partial charge in [-0.2, -0.15) is 0 Å². The molecule has 1 saturated carbocycles. The highest BCUT2D eigenvalue weighted by Gasteiger charge is 2.24. The molecule has 5 rings (SSSR count). The van der Waals surface area contributed by atoms with E-state index in [1.807, 2.05) is 32.3 Å². The van der Waals surface area contributed by atoms with Gasteiger partial charge in [0.05, 0.1) is 5.69 Å². The summed E-state index contributed by atoms with van der Waals surface area (Å²) < 4.78 is 19.2. The van der Waals surface area contributed by atoms with Crippen molar-refractivity contribution in [1.29, 1.82) is 0 Å². The molecule has 0 saturated heterocycles. The minimum atomic E-state index is -0.462. The Kier molecular flexibility index (Phi) is 6.44. The normalized spacial score (nSPS) is 13.4. The third-order valence-corrected chi connectivity index (χ3v) is 6.49. The number of nitrogens with one attached hydrogen (secondary N) is 2. The molecule has 1 fully saturated rings. The maximum atomic E-state index is 13.4. The molecule has 7 nitrogen and oxygen atoms in total. The quantitative estimate of drug-likeness (QED) is 0.317. The summed E-state index contributed by atoms with van der Waals surface area (Å²) in [5.41, 5.74) is 4.62. The molecule has 9 heteroatoms. The Bertz CT molecular complexity index is 1360. The second kappa shape index (κ2) is 9.67. The zero-order chi connectivity index (χ0) is 24.5. The number of pyridine rings is 1. The molecule has 0 aliphatic heterocycles. The molecule has 0 radical (unpaired) electrons. The fourth-order valence-corrected chi connectivity index (χ4v) is 4.37. The number of carbonyl (C=O) groups excluding carboxylic acids is 1. The number of aryl methyl sites for hydroxylation is 1. The van der Waals surface area contributed by atoms with Crippen LogP contribution in [0.4, 0.5) is 9.52 Å². The summed E-state index contributed by atoms with van der Waals surface area (Å²) in [7, 11) is 0. The highest BCUT2D eigenvalue weighted by Crippen LogP contribution is 2.30. The number of thiazole rings is 1. The molecule has 0 unspecified atom stereocenters. The molecule has 4 aromatic rings. The Morgan fingerprint density at radius 3 is 2.66 bits per heavy atom. The van der Waals surface area contributed by atoms with Crippen LogP contribution in [0.25, 0.3) is 22.6 Å². The Hall–Kier alpha value is -3.43. The van der Waals surface area contributed by atoms with Crippen LogP contribution in [-0.2, 0) is 6.54 Å². The van der Waals surface area contributed by atoms with Gasteiger partial charge >= 0.3 is 0 Å². The molecule has 35 heavy (non-hydrogen) atoms. The third kappa shape index (κ3) is 5.31. The number of carbonyl (C=O) groups is 1. The molecule has 3 heterocycles. The summed E-state index contributed by atoms with van der Waals surface area (Å²) in [4.78, 5) is 26.8. The molecular weight excluding hydrogens is 465 g/mol. The summed E-state index contributed by atoms with van der Waals surface area (Å²) >= 11 is 1.31. The highest BCUT2D eigenvalue weighted by molar-refractivity contribution is 7.14. The smallest absolute Gasteiger partial charge is 0.295 e. The van der Waals surface area contributed by atoms with Crippen molar-refractivity contribution in [2.45, 2.75) is 52.1 Å². The van der Waals surface area contributed by atoms with Crippen LogP contribution in [0.15, 0.2) is 46.3 Å². The number of oxazole rings is 1. The molecule has 180 valence electrons. The van der Waals surface area contributed by atoms with Crippen LogP contribution in [0.1, 0.15) is 60.2 Å². The first kappa shape index (κ1) is 23.3. The van der Waals surface area contributed by atoms with Crippen LogP contribution in [0.2, 0.25) is 0 Å². The van der Waals surface area contributed by atoms with E-state index in [-0.39, 0.29) is 17.5 Å². The van der Waals surface area contributed by atoms with Crippen molar-refractivity contribution in [3.05, 3.63) is 70.5 Å². The molecular formula is C26H26FN5O2S. The molecule has 0 atom stereocenters. The van der Waals surface area contributed by atoms with Crippen LogP contribution >= 0.6 is 11.3 Å². The summed E-state index contributed by atoms with van der Waals surface area (Å²) in [5, 5.41) is 8.61. The maximum absolute atomic E-state index is 13.4. The van der Waals surface area contributed by atoms with E-state index in [2.05, 4.69) is 31.7 Å². The molecule has 1 aliphatic carbocycles. The predicted molar refractivity (Wildman–Crippen MR) is 134 cm³/mol. The average molecular weight is 492 g/mol. The fourth-order valence-electron chi connectivity index (χ4n) is 3.68. The van der Waals surface area contributed by atoms with E-state index in [0.29, 0.717) is 34.0 Å². The number of aromatic nitrogens is 3. The van der Waals surface area contributed by atoms with Gasteiger partial charge in [-0.25, -0.2) is 14.4 Å². The summed E-state index contributed by atoms with van der Waals surface area (Å²) in [6.45, 7) is 6.68. The van der Waals surface area contributed by atoms with E-state index in [1.54, 1.807) is 12.1 Å². The van der Waals surface area contributed by atoms with Crippen molar-refractivity contribution >= 4 is 22.4 Å². The van der Waals surface area contributed by atoms with Crippen molar-refractivity contribution in [3.8, 4) is 22.6 Å². The Balaban J connectivity index is 1.35. The molecule has 0 bridgehead atoms. The van der Waals surface area contributed by atoms with Gasteiger partial charge < -0.3 is 9.73 Å². The third-order valence-electron chi connectivity index (χ3n) is 5.74. The van der Waals surface area contributed by atoms with Gasteiger partial charge in [0, 0.05) is 35.6 Å². The summed E-state index contributed by atoms with van der Waals surface area (Å²) in [6, 6.07) is 8.57. The van der Waals surface area contributed by atoms with E-state index >= 15 is 0 Å². The van der Waals surface area contributed by atoms with Gasteiger partial charge in [0.2, 0.25) is 5.76 Å². The second-order valence-corrected chi connectivity index (χ2v) is 9.91. The standard InChI is InChI=1S/C26H26FN5O2S/c1-14(2)25-31-22(17-4-6-18(27)7-5-17)23(34-25)24(33)32-26-30-20(13-35-26)21-15(3)10-16(12-29-21)11-28-19-8-9-19/h4-7,10,12-14,19,28H,8-9,11H2,1-3H3,(H,30,32,33). The van der Waals surface area contributed by atoms with Crippen molar-refractivity contribution < 1.29 is 13.6 Å². The number of amides is 1. The maximum Gasteiger partial charge on any atom is 0.295 e. The van der Waals surface area contributed by atoms with Gasteiger partial charge in [-0.05, 0) is 55.2 Å². The molecule has 3 aromatic heterocycles. The minimum Gasteiger partial charge on any atom is -0.435 e. The Labute approximate surface area is 206 Å². The summed E-state index contributed by atoms with van der Waals surface area (Å²) in [6.07, 6.45) is 4.36. The first-order valence-electron chi connectivity index (χ1n) is 11.6. The van der Waals surface area contributed by atoms with Gasteiger partial charge in [-0.1, -0.05) is 19.9 Å². The van der Waals surface area contributed by atoms with Crippen LogP contribution in [0.5, 0.6) is 0 Å². The number of hydrogen-bond acceptors (Lipinski definition) is 7. The SMILES string of the molecule is Cc1cc(CNC2CC2)cnc1-c1csc(NC(=O)c2oc(C(C)C)nc2-c2ccc(F)cc2)n1. The van der Waals surface area contributed by atoms with Crippen molar-refractivity contribution in [1.82, 2.24) is 20.3 Å². The lowest BCUT2D eigenvalue weighted by Gasteiger charge is -2.07. The van der Waals surface area contributed by atoms with Crippen molar-refractivity contribution in [3.63, 3.8) is 0 Å². The number of halogens is 1. The monoisotopic (exact) mass is 491 g/mol. The lowest BCUT2D eigenvalue weighted by Crippen LogP contribution is -2.15. The van der Waals surface area contributed by atoms with E-state index in [0.717, 1.165) is 23.4 Å². The minimum absolute atomic E-state index is 0.0151. The molecule has 2 N–H and O–H groups in total. The van der Waals surface area contributed by atoms with E-state index in [1.165, 1.54) is 36.3 Å². The zero-order valence-corrected chi connectivity index (χ0v) is 20.6. The first-order valence-corrected chi connectivity index (χ1v) is 12.5. The number of nitrogens with zero attached hydrogens (tertiary/aromatic N) is 3. The average Bonchev–Trinajstić information content (AvgIpc) is 3.36. The number of rotatable bonds is 8. The molecule has 1 amide bonds. The number of benzene rings is 1. The van der Waals surface area contributed by atoms with E-state index in [4.69, 9.17) is 4.42 Å². The zero-order valence-electron chi connectivity index (χ0n) is 19.8. The van der Waals surface area contributed by atoms with Crippen LogP contribution in [0.3, 0.4) is 0 Å². The number of anilines is 1. The molecule has 0 spiro atoms. The van der Waals surface area contributed by atoms with Gasteiger partial charge in [0.15, 0.2) is 11.0 Å². The van der Waals surface area contributed by atoms with Gasteiger partial charge in [-0.3, -0.25) is 15.1 Å². The lowest BCUT2D eigenvalue weighted by molar-refractivity contribution is 0.0995. The number of hydrogen-bond donors (Lipinski definition) is 2.